The summed E-state index contributed by atoms with van der Waals surface area (Å²) in [7, 11) is 0. The minimum absolute atomic E-state index is 0.220. The maximum Gasteiger partial charge on any atom is 0.0738 e. The Morgan fingerprint density at radius 2 is 2.20 bits per heavy atom. The van der Waals surface area contributed by atoms with E-state index in [1.807, 2.05) is 11.6 Å². The first-order chi connectivity index (χ1) is 7.08. The molecule has 3 nitrogen and oxygen atoms in total. The smallest absolute Gasteiger partial charge is 0.0738 e. The van der Waals surface area contributed by atoms with Gasteiger partial charge < -0.3 is 0 Å². The molecule has 4 heteroatoms. The Bertz CT molecular complexity index is 424. The largest absolute Gasteiger partial charge is 0.268 e. The second-order valence-electron chi connectivity index (χ2n) is 4.48. The van der Waals surface area contributed by atoms with Crippen LogP contribution in [0.3, 0.4) is 0 Å². The van der Waals surface area contributed by atoms with E-state index in [9.17, 15) is 0 Å². The SMILES string of the molecule is Cc1nn(CC2(CC#N)CC2)c(C)c1Br. The summed E-state index contributed by atoms with van der Waals surface area (Å²) in [4.78, 5) is 0. The molecule has 0 aliphatic heterocycles. The molecule has 1 aliphatic carbocycles. The molecule has 1 heterocycles. The van der Waals surface area contributed by atoms with Crippen LogP contribution in [-0.2, 0) is 6.54 Å². The Balaban J connectivity index is 2.18. The van der Waals surface area contributed by atoms with Crippen LogP contribution in [0.15, 0.2) is 4.47 Å². The van der Waals surface area contributed by atoms with Gasteiger partial charge in [-0.3, -0.25) is 4.68 Å². The number of aromatic nitrogens is 2. The van der Waals surface area contributed by atoms with Crippen LogP contribution in [0.25, 0.3) is 0 Å². The maximum absolute atomic E-state index is 8.76. The first kappa shape index (κ1) is 10.7. The van der Waals surface area contributed by atoms with Gasteiger partial charge in [0.1, 0.15) is 0 Å². The Morgan fingerprint density at radius 1 is 1.53 bits per heavy atom. The molecule has 0 atom stereocenters. The summed E-state index contributed by atoms with van der Waals surface area (Å²) in [5, 5.41) is 13.2. The van der Waals surface area contributed by atoms with Gasteiger partial charge in [-0.25, -0.2) is 0 Å². The van der Waals surface area contributed by atoms with Crippen molar-refractivity contribution >= 4 is 15.9 Å². The molecule has 0 unspecified atom stereocenters. The monoisotopic (exact) mass is 267 g/mol. The summed E-state index contributed by atoms with van der Waals surface area (Å²) in [6, 6.07) is 2.28. The van der Waals surface area contributed by atoms with Crippen molar-refractivity contribution in [2.45, 2.75) is 39.7 Å². The Hall–Kier alpha value is -0.820. The second-order valence-corrected chi connectivity index (χ2v) is 5.27. The Labute approximate surface area is 98.2 Å². The molecule has 0 aromatic carbocycles. The third-order valence-corrected chi connectivity index (χ3v) is 4.34. The standard InChI is InChI=1S/C11H14BrN3/c1-8-10(12)9(2)15(14-8)7-11(3-4-11)5-6-13/h3-5,7H2,1-2H3. The molecule has 0 N–H and O–H groups in total. The number of rotatable bonds is 3. The van der Waals surface area contributed by atoms with Crippen LogP contribution in [0.2, 0.25) is 0 Å². The highest BCUT2D eigenvalue weighted by Gasteiger charge is 2.43. The molecule has 15 heavy (non-hydrogen) atoms. The van der Waals surface area contributed by atoms with Crippen molar-refractivity contribution in [3.8, 4) is 6.07 Å². The van der Waals surface area contributed by atoms with Crippen molar-refractivity contribution in [2.75, 3.05) is 0 Å². The van der Waals surface area contributed by atoms with Gasteiger partial charge in [0.15, 0.2) is 0 Å². The zero-order valence-electron chi connectivity index (χ0n) is 9.05. The number of nitriles is 1. The normalized spacial score (nSPS) is 17.5. The van der Waals surface area contributed by atoms with Crippen LogP contribution < -0.4 is 0 Å². The first-order valence-corrected chi connectivity index (χ1v) is 5.94. The third kappa shape index (κ3) is 1.93. The topological polar surface area (TPSA) is 41.6 Å². The van der Waals surface area contributed by atoms with E-state index in [4.69, 9.17) is 5.26 Å². The van der Waals surface area contributed by atoms with Gasteiger partial charge in [-0.1, -0.05) is 0 Å². The van der Waals surface area contributed by atoms with Gasteiger partial charge >= 0.3 is 0 Å². The Kier molecular flexibility index (Phi) is 2.59. The summed E-state index contributed by atoms with van der Waals surface area (Å²) in [5.41, 5.74) is 2.41. The fraction of sp³-hybridized carbons (Fsp3) is 0.636. The van der Waals surface area contributed by atoms with Gasteiger partial charge in [0.25, 0.3) is 0 Å². The van der Waals surface area contributed by atoms with Crippen molar-refractivity contribution in [1.82, 2.24) is 9.78 Å². The molecule has 0 radical (unpaired) electrons. The molecule has 1 saturated carbocycles. The van der Waals surface area contributed by atoms with Crippen LogP contribution in [-0.4, -0.2) is 9.78 Å². The highest BCUT2D eigenvalue weighted by atomic mass is 79.9. The van der Waals surface area contributed by atoms with Gasteiger partial charge in [-0.05, 0) is 42.6 Å². The average Bonchev–Trinajstić information content (AvgIpc) is 2.90. The van der Waals surface area contributed by atoms with Crippen LogP contribution in [0, 0.1) is 30.6 Å². The minimum atomic E-state index is 0.220. The average molecular weight is 268 g/mol. The van der Waals surface area contributed by atoms with E-state index >= 15 is 0 Å². The van der Waals surface area contributed by atoms with Crippen LogP contribution in [0.4, 0.5) is 0 Å². The fourth-order valence-corrected chi connectivity index (χ4v) is 2.17. The van der Waals surface area contributed by atoms with Crippen molar-refractivity contribution in [3.05, 3.63) is 15.9 Å². The predicted molar refractivity (Wildman–Crippen MR) is 61.3 cm³/mol. The summed E-state index contributed by atoms with van der Waals surface area (Å²) >= 11 is 3.52. The lowest BCUT2D eigenvalue weighted by Gasteiger charge is -2.12. The van der Waals surface area contributed by atoms with Crippen LogP contribution in [0.5, 0.6) is 0 Å². The quantitative estimate of drug-likeness (QED) is 0.845. The maximum atomic E-state index is 8.76. The van der Waals surface area contributed by atoms with Gasteiger partial charge in [0.05, 0.1) is 16.2 Å². The second kappa shape index (κ2) is 3.64. The number of hydrogen-bond acceptors (Lipinski definition) is 2. The molecule has 0 spiro atoms. The molecule has 80 valence electrons. The summed E-state index contributed by atoms with van der Waals surface area (Å²) in [5.74, 6) is 0. The van der Waals surface area contributed by atoms with Gasteiger partial charge in [0, 0.05) is 24.1 Å². The zero-order valence-corrected chi connectivity index (χ0v) is 10.6. The van der Waals surface area contributed by atoms with Crippen molar-refractivity contribution in [2.24, 2.45) is 5.41 Å². The molecular formula is C11H14BrN3. The fourth-order valence-electron chi connectivity index (χ4n) is 1.88. The number of nitrogens with zero attached hydrogens (tertiary/aromatic N) is 3. The lowest BCUT2D eigenvalue weighted by Crippen LogP contribution is -2.13. The molecule has 1 aliphatic rings. The van der Waals surface area contributed by atoms with Crippen molar-refractivity contribution in [1.29, 1.82) is 5.26 Å². The highest BCUT2D eigenvalue weighted by Crippen LogP contribution is 2.50. The molecule has 1 aromatic rings. The summed E-state index contributed by atoms with van der Waals surface area (Å²) in [6.07, 6.45) is 2.98. The van der Waals surface area contributed by atoms with E-state index in [1.54, 1.807) is 0 Å². The molecule has 2 rings (SSSR count). The van der Waals surface area contributed by atoms with Gasteiger partial charge in [0.2, 0.25) is 0 Å². The van der Waals surface area contributed by atoms with E-state index in [-0.39, 0.29) is 5.41 Å². The molecule has 1 aromatic heterocycles. The lowest BCUT2D eigenvalue weighted by molar-refractivity contribution is 0.398. The van der Waals surface area contributed by atoms with Crippen molar-refractivity contribution in [3.63, 3.8) is 0 Å². The predicted octanol–water partition coefficient (Wildman–Crippen LogP) is 2.96. The van der Waals surface area contributed by atoms with Gasteiger partial charge in [-0.2, -0.15) is 10.4 Å². The van der Waals surface area contributed by atoms with Crippen LogP contribution >= 0.6 is 15.9 Å². The van der Waals surface area contributed by atoms with Crippen LogP contribution in [0.1, 0.15) is 30.7 Å². The zero-order chi connectivity index (χ0) is 11.1. The van der Waals surface area contributed by atoms with E-state index < -0.39 is 0 Å². The Morgan fingerprint density at radius 3 is 2.60 bits per heavy atom. The molecule has 0 bridgehead atoms. The van der Waals surface area contributed by atoms with E-state index in [0.29, 0.717) is 6.42 Å². The number of aryl methyl sites for hydroxylation is 1. The number of halogens is 1. The minimum Gasteiger partial charge on any atom is -0.268 e. The third-order valence-electron chi connectivity index (χ3n) is 3.19. The number of hydrogen-bond donors (Lipinski definition) is 0. The van der Waals surface area contributed by atoms with E-state index in [0.717, 1.165) is 35.2 Å². The van der Waals surface area contributed by atoms with E-state index in [2.05, 4.69) is 34.0 Å². The molecule has 0 saturated heterocycles. The van der Waals surface area contributed by atoms with Gasteiger partial charge in [-0.15, -0.1) is 0 Å². The molecular weight excluding hydrogens is 254 g/mol. The van der Waals surface area contributed by atoms with E-state index in [1.165, 1.54) is 0 Å². The first-order valence-electron chi connectivity index (χ1n) is 5.14. The molecule has 0 amide bonds. The molecule has 1 fully saturated rings. The van der Waals surface area contributed by atoms with Crippen molar-refractivity contribution < 1.29 is 0 Å². The highest BCUT2D eigenvalue weighted by molar-refractivity contribution is 9.10. The lowest BCUT2D eigenvalue weighted by atomic mass is 10.0. The summed E-state index contributed by atoms with van der Waals surface area (Å²) < 4.78 is 3.12. The summed E-state index contributed by atoms with van der Waals surface area (Å²) in [6.45, 7) is 4.95.